The van der Waals surface area contributed by atoms with Crippen molar-refractivity contribution in [2.75, 3.05) is 12.3 Å². The van der Waals surface area contributed by atoms with Crippen LogP contribution < -0.4 is 5.32 Å². The number of H-pyrrole nitrogens is 1. The molecule has 1 amide bonds. The molecule has 0 radical (unpaired) electrons. The van der Waals surface area contributed by atoms with E-state index >= 15 is 0 Å². The molecule has 3 aromatic rings. The molecule has 0 fully saturated rings. The lowest BCUT2D eigenvalue weighted by atomic mass is 10.2. The maximum Gasteiger partial charge on any atom is 0.244 e. The Bertz CT molecular complexity index is 852. The first-order valence-corrected chi connectivity index (χ1v) is 8.93. The third kappa shape index (κ3) is 4.09. The Morgan fingerprint density at radius 3 is 2.71 bits per heavy atom. The van der Waals surface area contributed by atoms with E-state index in [9.17, 15) is 4.79 Å². The summed E-state index contributed by atoms with van der Waals surface area (Å²) in [7, 11) is 0. The summed E-state index contributed by atoms with van der Waals surface area (Å²) in [5.74, 6) is 0.781. The number of para-hydroxylation sites is 1. The van der Waals surface area contributed by atoms with E-state index in [1.807, 2.05) is 42.5 Å². The zero-order valence-corrected chi connectivity index (χ0v) is 14.4. The van der Waals surface area contributed by atoms with E-state index < -0.39 is 0 Å². The summed E-state index contributed by atoms with van der Waals surface area (Å²) >= 11 is 1.77. The van der Waals surface area contributed by atoms with Crippen LogP contribution in [0.3, 0.4) is 0 Å². The van der Waals surface area contributed by atoms with Gasteiger partial charge in [0.05, 0.1) is 0 Å². The Morgan fingerprint density at radius 2 is 1.88 bits per heavy atom. The molecular weight excluding hydrogens is 316 g/mol. The van der Waals surface area contributed by atoms with Gasteiger partial charge in [-0.05, 0) is 24.6 Å². The Balaban J connectivity index is 1.49. The number of amides is 1. The maximum absolute atomic E-state index is 11.8. The number of benzene rings is 2. The molecule has 1 heterocycles. The van der Waals surface area contributed by atoms with Crippen LogP contribution in [-0.4, -0.2) is 23.2 Å². The summed E-state index contributed by atoms with van der Waals surface area (Å²) in [5, 5.41) is 4.17. The smallest absolute Gasteiger partial charge is 0.244 e. The quantitative estimate of drug-likeness (QED) is 0.398. The zero-order valence-electron chi connectivity index (χ0n) is 13.6. The van der Waals surface area contributed by atoms with Crippen molar-refractivity contribution in [2.24, 2.45) is 0 Å². The Hall–Kier alpha value is -2.46. The predicted molar refractivity (Wildman–Crippen MR) is 102 cm³/mol. The van der Waals surface area contributed by atoms with Gasteiger partial charge in [0.2, 0.25) is 5.91 Å². The summed E-state index contributed by atoms with van der Waals surface area (Å²) in [5.41, 5.74) is 3.36. The number of hydrogen-bond donors (Lipinski definition) is 2. The number of rotatable bonds is 6. The van der Waals surface area contributed by atoms with Gasteiger partial charge in [-0.25, -0.2) is 0 Å². The highest BCUT2D eigenvalue weighted by molar-refractivity contribution is 7.99. The zero-order chi connectivity index (χ0) is 16.8. The monoisotopic (exact) mass is 336 g/mol. The molecule has 0 atom stereocenters. The minimum Gasteiger partial charge on any atom is -0.358 e. The van der Waals surface area contributed by atoms with E-state index in [1.54, 1.807) is 17.8 Å². The molecular formula is C20H20N2OS. The lowest BCUT2D eigenvalue weighted by molar-refractivity contribution is -0.116. The van der Waals surface area contributed by atoms with Crippen LogP contribution in [0.5, 0.6) is 0 Å². The number of aromatic nitrogens is 1. The van der Waals surface area contributed by atoms with Crippen LogP contribution in [0.25, 0.3) is 17.0 Å². The lowest BCUT2D eigenvalue weighted by Crippen LogP contribution is -2.23. The van der Waals surface area contributed by atoms with Gasteiger partial charge in [0, 0.05) is 39.9 Å². The molecule has 3 nitrogen and oxygen atoms in total. The maximum atomic E-state index is 11.8. The molecule has 0 aliphatic carbocycles. The van der Waals surface area contributed by atoms with Gasteiger partial charge in [-0.3, -0.25) is 4.79 Å². The van der Waals surface area contributed by atoms with E-state index in [1.165, 1.54) is 16.0 Å². The number of carbonyl (C=O) groups is 1. The standard InChI is InChI=1S/C20H20N2OS/c1-15-20(17-9-5-6-10-18(17)22-15)24-14-13-21-19(23)12-11-16-7-3-2-4-8-16/h2-12,22H,13-14H2,1H3,(H,21,23). The molecule has 0 bridgehead atoms. The summed E-state index contributed by atoms with van der Waals surface area (Å²) in [6, 6.07) is 18.1. The summed E-state index contributed by atoms with van der Waals surface area (Å²) < 4.78 is 0. The van der Waals surface area contributed by atoms with E-state index in [2.05, 4.69) is 35.4 Å². The average molecular weight is 336 g/mol. The van der Waals surface area contributed by atoms with Gasteiger partial charge >= 0.3 is 0 Å². The first-order chi connectivity index (χ1) is 11.7. The molecule has 2 N–H and O–H groups in total. The Morgan fingerprint density at radius 1 is 1.12 bits per heavy atom. The second kappa shape index (κ2) is 7.88. The van der Waals surface area contributed by atoms with Gasteiger partial charge in [-0.15, -0.1) is 11.8 Å². The van der Waals surface area contributed by atoms with Gasteiger partial charge in [-0.2, -0.15) is 0 Å². The molecule has 4 heteroatoms. The molecule has 122 valence electrons. The number of nitrogens with one attached hydrogen (secondary N) is 2. The van der Waals surface area contributed by atoms with Crippen molar-refractivity contribution in [2.45, 2.75) is 11.8 Å². The molecule has 2 aromatic carbocycles. The highest BCUT2D eigenvalue weighted by Gasteiger charge is 2.08. The molecule has 0 aliphatic rings. The Kier molecular flexibility index (Phi) is 5.39. The number of carbonyl (C=O) groups excluding carboxylic acids is 1. The number of thioether (sulfide) groups is 1. The molecule has 0 aliphatic heterocycles. The first-order valence-electron chi connectivity index (χ1n) is 7.95. The van der Waals surface area contributed by atoms with Crippen molar-refractivity contribution in [3.8, 4) is 0 Å². The number of aryl methyl sites for hydroxylation is 1. The van der Waals surface area contributed by atoms with E-state index in [4.69, 9.17) is 0 Å². The summed E-state index contributed by atoms with van der Waals surface area (Å²) in [4.78, 5) is 16.5. The van der Waals surface area contributed by atoms with Crippen molar-refractivity contribution in [3.05, 3.63) is 71.9 Å². The lowest BCUT2D eigenvalue weighted by Gasteiger charge is -2.03. The van der Waals surface area contributed by atoms with E-state index in [0.717, 1.165) is 16.8 Å². The topological polar surface area (TPSA) is 44.9 Å². The van der Waals surface area contributed by atoms with Crippen molar-refractivity contribution in [1.82, 2.24) is 10.3 Å². The fraction of sp³-hybridized carbons (Fsp3) is 0.150. The average Bonchev–Trinajstić information content (AvgIpc) is 2.93. The molecule has 3 rings (SSSR count). The third-order valence-corrected chi connectivity index (χ3v) is 4.93. The van der Waals surface area contributed by atoms with Crippen LogP contribution in [0.15, 0.2) is 65.6 Å². The molecule has 0 saturated carbocycles. The SMILES string of the molecule is Cc1[nH]c2ccccc2c1SCCNC(=O)C=Cc1ccccc1. The van der Waals surface area contributed by atoms with Crippen LogP contribution in [0.1, 0.15) is 11.3 Å². The number of aromatic amines is 1. The Labute approximate surface area is 146 Å². The summed E-state index contributed by atoms with van der Waals surface area (Å²) in [6.45, 7) is 2.73. The van der Waals surface area contributed by atoms with E-state index in [0.29, 0.717) is 6.54 Å². The predicted octanol–water partition coefficient (Wildman–Crippen LogP) is 4.40. The first kappa shape index (κ1) is 16.4. The highest BCUT2D eigenvalue weighted by atomic mass is 32.2. The van der Waals surface area contributed by atoms with Crippen molar-refractivity contribution < 1.29 is 4.79 Å². The van der Waals surface area contributed by atoms with Crippen LogP contribution in [0, 0.1) is 6.92 Å². The summed E-state index contributed by atoms with van der Waals surface area (Å²) in [6.07, 6.45) is 3.41. The van der Waals surface area contributed by atoms with Gasteiger partial charge in [0.25, 0.3) is 0 Å². The normalized spacial score (nSPS) is 11.2. The van der Waals surface area contributed by atoms with Crippen LogP contribution in [-0.2, 0) is 4.79 Å². The van der Waals surface area contributed by atoms with Gasteiger partial charge < -0.3 is 10.3 Å². The molecule has 0 spiro atoms. The van der Waals surface area contributed by atoms with Crippen LogP contribution >= 0.6 is 11.8 Å². The largest absolute Gasteiger partial charge is 0.358 e. The van der Waals surface area contributed by atoms with Crippen molar-refractivity contribution in [1.29, 1.82) is 0 Å². The van der Waals surface area contributed by atoms with E-state index in [-0.39, 0.29) is 5.91 Å². The number of hydrogen-bond acceptors (Lipinski definition) is 2. The fourth-order valence-corrected chi connectivity index (χ4v) is 3.57. The molecule has 0 saturated heterocycles. The number of fused-ring (bicyclic) bond motifs is 1. The third-order valence-electron chi connectivity index (χ3n) is 3.71. The van der Waals surface area contributed by atoms with Gasteiger partial charge in [-0.1, -0.05) is 48.5 Å². The van der Waals surface area contributed by atoms with Gasteiger partial charge in [0.1, 0.15) is 0 Å². The molecule has 24 heavy (non-hydrogen) atoms. The fourth-order valence-electron chi connectivity index (χ4n) is 2.56. The molecule has 0 unspecified atom stereocenters. The van der Waals surface area contributed by atoms with Crippen molar-refractivity contribution in [3.63, 3.8) is 0 Å². The highest BCUT2D eigenvalue weighted by Crippen LogP contribution is 2.30. The minimum atomic E-state index is -0.0601. The second-order valence-corrected chi connectivity index (χ2v) is 6.61. The van der Waals surface area contributed by atoms with Gasteiger partial charge in [0.15, 0.2) is 0 Å². The second-order valence-electron chi connectivity index (χ2n) is 5.51. The molecule has 1 aromatic heterocycles. The van der Waals surface area contributed by atoms with Crippen LogP contribution in [0.4, 0.5) is 0 Å². The van der Waals surface area contributed by atoms with Crippen LogP contribution in [0.2, 0.25) is 0 Å². The minimum absolute atomic E-state index is 0.0601. The van der Waals surface area contributed by atoms with Crippen molar-refractivity contribution >= 4 is 34.6 Å².